The van der Waals surface area contributed by atoms with Crippen LogP contribution in [0.15, 0.2) is 49.2 Å². The van der Waals surface area contributed by atoms with Gasteiger partial charge in [0, 0.05) is 30.4 Å². The fourth-order valence-electron chi connectivity index (χ4n) is 4.39. The largest absolute Gasteiger partial charge is 0.480 e. The standard InChI is InChI=1S/C26H23N9O/c1-3-34-14-20(10-27)32-24(34)18-6-4-16(5-7-18)13-35-25-19(12-31-35)11-28-23(33-25)21-22(17-8-9-17)29-15-30-26(21)36-2/h4-7,11-12,14-15,17H,3,8-9,13H2,1-2H3. The number of hydrogen-bond donors (Lipinski definition) is 0. The number of nitrogens with zero attached hydrogens (tertiary/aromatic N) is 9. The normalized spacial score (nSPS) is 13.1. The molecule has 1 aliphatic rings. The Labute approximate surface area is 207 Å². The summed E-state index contributed by atoms with van der Waals surface area (Å²) in [7, 11) is 1.60. The van der Waals surface area contributed by atoms with E-state index in [9.17, 15) is 5.26 Å². The van der Waals surface area contributed by atoms with E-state index in [1.54, 1.807) is 25.7 Å². The highest BCUT2D eigenvalue weighted by Gasteiger charge is 2.31. The predicted molar refractivity (Wildman–Crippen MR) is 132 cm³/mol. The molecule has 0 N–H and O–H groups in total. The van der Waals surface area contributed by atoms with Gasteiger partial charge < -0.3 is 9.30 Å². The highest BCUT2D eigenvalue weighted by atomic mass is 16.5. The van der Waals surface area contributed by atoms with Crippen molar-refractivity contribution in [2.24, 2.45) is 0 Å². The molecule has 6 rings (SSSR count). The van der Waals surface area contributed by atoms with Gasteiger partial charge in [-0.25, -0.2) is 29.6 Å². The molecule has 1 aromatic carbocycles. The van der Waals surface area contributed by atoms with Crippen molar-refractivity contribution in [2.75, 3.05) is 7.11 Å². The minimum atomic E-state index is 0.396. The number of ether oxygens (including phenoxy) is 1. The molecular weight excluding hydrogens is 454 g/mol. The van der Waals surface area contributed by atoms with E-state index in [1.165, 1.54) is 6.33 Å². The third-order valence-corrected chi connectivity index (χ3v) is 6.38. The van der Waals surface area contributed by atoms with Crippen LogP contribution in [0.1, 0.15) is 42.6 Å². The lowest BCUT2D eigenvalue weighted by Crippen LogP contribution is -2.05. The molecule has 0 atom stereocenters. The van der Waals surface area contributed by atoms with Crippen molar-refractivity contribution in [3.8, 4) is 34.7 Å². The molecule has 0 amide bonds. The Hall–Kier alpha value is -4.65. The van der Waals surface area contributed by atoms with Crippen LogP contribution in [0, 0.1) is 11.3 Å². The number of hydrogen-bond acceptors (Lipinski definition) is 8. The molecule has 5 aromatic rings. The number of fused-ring (bicyclic) bond motifs is 1. The van der Waals surface area contributed by atoms with Crippen LogP contribution >= 0.6 is 0 Å². The highest BCUT2D eigenvalue weighted by molar-refractivity contribution is 5.77. The highest BCUT2D eigenvalue weighted by Crippen LogP contribution is 2.44. The van der Waals surface area contributed by atoms with Gasteiger partial charge in [0.2, 0.25) is 5.88 Å². The second-order valence-electron chi connectivity index (χ2n) is 8.74. The van der Waals surface area contributed by atoms with Gasteiger partial charge in [0.15, 0.2) is 17.2 Å². The van der Waals surface area contributed by atoms with Crippen molar-refractivity contribution in [3.63, 3.8) is 0 Å². The first-order valence-corrected chi connectivity index (χ1v) is 11.8. The molecular formula is C26H23N9O. The molecule has 10 heteroatoms. The van der Waals surface area contributed by atoms with E-state index in [4.69, 9.17) is 9.72 Å². The van der Waals surface area contributed by atoms with E-state index in [-0.39, 0.29) is 0 Å². The monoisotopic (exact) mass is 477 g/mol. The summed E-state index contributed by atoms with van der Waals surface area (Å²) in [5.41, 5.74) is 4.87. The topological polar surface area (TPSA) is 120 Å². The third kappa shape index (κ3) is 3.84. The van der Waals surface area contributed by atoms with Crippen molar-refractivity contribution >= 4 is 11.0 Å². The number of nitriles is 1. The van der Waals surface area contributed by atoms with Crippen molar-refractivity contribution in [2.45, 2.75) is 38.8 Å². The summed E-state index contributed by atoms with van der Waals surface area (Å²) in [6, 6.07) is 10.2. The molecule has 0 aliphatic heterocycles. The van der Waals surface area contributed by atoms with Crippen LogP contribution in [0.25, 0.3) is 33.8 Å². The Morgan fingerprint density at radius 1 is 1.08 bits per heavy atom. The summed E-state index contributed by atoms with van der Waals surface area (Å²) in [5, 5.41) is 14.6. The molecule has 0 radical (unpaired) electrons. The van der Waals surface area contributed by atoms with Gasteiger partial charge in [-0.2, -0.15) is 10.4 Å². The second kappa shape index (κ2) is 8.85. The second-order valence-corrected chi connectivity index (χ2v) is 8.74. The maximum atomic E-state index is 9.20. The summed E-state index contributed by atoms with van der Waals surface area (Å²) >= 11 is 0. The van der Waals surface area contributed by atoms with Crippen molar-refractivity contribution < 1.29 is 4.74 Å². The minimum Gasteiger partial charge on any atom is -0.480 e. The zero-order valence-corrected chi connectivity index (χ0v) is 20.0. The predicted octanol–water partition coefficient (Wildman–Crippen LogP) is 3.97. The van der Waals surface area contributed by atoms with E-state index < -0.39 is 0 Å². The number of aryl methyl sites for hydroxylation is 1. The average Bonchev–Trinajstić information content (AvgIpc) is 3.57. The molecule has 1 aliphatic carbocycles. The maximum absolute atomic E-state index is 9.20. The van der Waals surface area contributed by atoms with E-state index in [0.717, 1.165) is 58.6 Å². The molecule has 0 spiro atoms. The lowest BCUT2D eigenvalue weighted by atomic mass is 10.1. The Bertz CT molecular complexity index is 1610. The van der Waals surface area contributed by atoms with E-state index >= 15 is 0 Å². The van der Waals surface area contributed by atoms with Gasteiger partial charge in [-0.1, -0.05) is 24.3 Å². The minimum absolute atomic E-state index is 0.396. The van der Waals surface area contributed by atoms with Gasteiger partial charge in [-0.05, 0) is 25.3 Å². The first-order chi connectivity index (χ1) is 17.7. The van der Waals surface area contributed by atoms with Crippen molar-refractivity contribution in [3.05, 3.63) is 66.1 Å². The number of imidazole rings is 1. The first-order valence-electron chi connectivity index (χ1n) is 11.8. The van der Waals surface area contributed by atoms with Crippen LogP contribution in [0.3, 0.4) is 0 Å². The lowest BCUT2D eigenvalue weighted by Gasteiger charge is -2.11. The Balaban J connectivity index is 1.33. The molecule has 178 valence electrons. The molecule has 4 aromatic heterocycles. The van der Waals surface area contributed by atoms with E-state index in [1.807, 2.05) is 40.4 Å². The fraction of sp³-hybridized carbons (Fsp3) is 0.269. The summed E-state index contributed by atoms with van der Waals surface area (Å²) in [6.45, 7) is 3.32. The Kier molecular flexibility index (Phi) is 5.37. The molecule has 0 saturated heterocycles. The summed E-state index contributed by atoms with van der Waals surface area (Å²) in [4.78, 5) is 22.7. The fourth-order valence-corrected chi connectivity index (χ4v) is 4.39. The smallest absolute Gasteiger partial charge is 0.227 e. The molecule has 1 saturated carbocycles. The summed E-state index contributed by atoms with van der Waals surface area (Å²) in [6.07, 6.45) is 9.06. The Morgan fingerprint density at radius 2 is 1.92 bits per heavy atom. The van der Waals surface area contributed by atoms with Gasteiger partial charge in [-0.15, -0.1) is 0 Å². The van der Waals surface area contributed by atoms with E-state index in [0.29, 0.717) is 29.9 Å². The van der Waals surface area contributed by atoms with E-state index in [2.05, 4.69) is 31.1 Å². The van der Waals surface area contributed by atoms with Gasteiger partial charge in [0.05, 0.1) is 30.9 Å². The van der Waals surface area contributed by atoms with Crippen LogP contribution < -0.4 is 4.74 Å². The lowest BCUT2D eigenvalue weighted by molar-refractivity contribution is 0.397. The summed E-state index contributed by atoms with van der Waals surface area (Å²) < 4.78 is 9.37. The van der Waals surface area contributed by atoms with Crippen molar-refractivity contribution in [1.82, 2.24) is 39.3 Å². The quantitative estimate of drug-likeness (QED) is 0.345. The first kappa shape index (κ1) is 21.9. The number of aromatic nitrogens is 8. The van der Waals surface area contributed by atoms with Gasteiger partial charge >= 0.3 is 0 Å². The molecule has 0 bridgehead atoms. The van der Waals surface area contributed by atoms with Crippen LogP contribution in [0.4, 0.5) is 0 Å². The number of rotatable bonds is 7. The van der Waals surface area contributed by atoms with Crippen molar-refractivity contribution in [1.29, 1.82) is 5.26 Å². The third-order valence-electron chi connectivity index (χ3n) is 6.38. The molecule has 10 nitrogen and oxygen atoms in total. The van der Waals surface area contributed by atoms with Crippen LogP contribution in [0.5, 0.6) is 5.88 Å². The maximum Gasteiger partial charge on any atom is 0.227 e. The molecule has 4 heterocycles. The Morgan fingerprint density at radius 3 is 2.64 bits per heavy atom. The zero-order chi connectivity index (χ0) is 24.6. The van der Waals surface area contributed by atoms with Crippen LogP contribution in [0.2, 0.25) is 0 Å². The zero-order valence-electron chi connectivity index (χ0n) is 20.0. The molecule has 0 unspecified atom stereocenters. The number of methoxy groups -OCH3 is 1. The number of benzene rings is 1. The summed E-state index contributed by atoms with van der Waals surface area (Å²) in [5.74, 6) is 2.21. The van der Waals surface area contributed by atoms with Crippen LogP contribution in [-0.4, -0.2) is 46.4 Å². The van der Waals surface area contributed by atoms with Gasteiger partial charge in [0.25, 0.3) is 0 Å². The SMILES string of the molecule is CCn1cc(C#N)nc1-c1ccc(Cn2ncc3cnc(-c4c(OC)ncnc4C4CC4)nc32)cc1. The molecule has 36 heavy (non-hydrogen) atoms. The molecule has 1 fully saturated rings. The van der Waals surface area contributed by atoms with Gasteiger partial charge in [-0.3, -0.25) is 0 Å². The van der Waals surface area contributed by atoms with Crippen LogP contribution in [-0.2, 0) is 13.1 Å². The van der Waals surface area contributed by atoms with Gasteiger partial charge in [0.1, 0.15) is 23.8 Å². The average molecular weight is 478 g/mol.